The Balaban J connectivity index is 1.81. The minimum Gasteiger partial charge on any atom is -0.493 e. The van der Waals surface area contributed by atoms with Crippen LogP contribution in [0.1, 0.15) is 27.9 Å². The number of ketones is 1. The van der Waals surface area contributed by atoms with E-state index in [9.17, 15) is 9.59 Å². The number of rotatable bonds is 3. The standard InChI is InChI=1S/C24H23NO4/c1-28-21-14-18-16-25(23(27)17-6-4-3-5-7-17)13-12-24(10-8-19(26)9-11-24)20(18)15-22(21)29-2/h3-11,14-15H,12-13,16H2,1-2H3. The second-order valence-electron chi connectivity index (χ2n) is 7.32. The van der Waals surface area contributed by atoms with Crippen LogP contribution in [-0.4, -0.2) is 37.4 Å². The zero-order valence-electron chi connectivity index (χ0n) is 16.6. The number of fused-ring (bicyclic) bond motifs is 2. The highest BCUT2D eigenvalue weighted by Crippen LogP contribution is 2.43. The van der Waals surface area contributed by atoms with Gasteiger partial charge in [0.15, 0.2) is 17.3 Å². The molecule has 0 radical (unpaired) electrons. The summed E-state index contributed by atoms with van der Waals surface area (Å²) >= 11 is 0. The van der Waals surface area contributed by atoms with E-state index in [1.807, 2.05) is 59.5 Å². The van der Waals surface area contributed by atoms with Gasteiger partial charge in [0.05, 0.1) is 14.2 Å². The molecule has 1 heterocycles. The van der Waals surface area contributed by atoms with Gasteiger partial charge in [0.25, 0.3) is 5.91 Å². The molecular formula is C24H23NO4. The molecule has 1 amide bonds. The summed E-state index contributed by atoms with van der Waals surface area (Å²) in [7, 11) is 3.21. The summed E-state index contributed by atoms with van der Waals surface area (Å²) in [5.74, 6) is 1.21. The van der Waals surface area contributed by atoms with E-state index in [4.69, 9.17) is 9.47 Å². The number of hydrogen-bond acceptors (Lipinski definition) is 4. The quantitative estimate of drug-likeness (QED) is 0.804. The van der Waals surface area contributed by atoms with E-state index in [-0.39, 0.29) is 11.7 Å². The summed E-state index contributed by atoms with van der Waals surface area (Å²) in [6.07, 6.45) is 7.77. The van der Waals surface area contributed by atoms with Crippen molar-refractivity contribution in [3.8, 4) is 11.5 Å². The van der Waals surface area contributed by atoms with Gasteiger partial charge >= 0.3 is 0 Å². The lowest BCUT2D eigenvalue weighted by molar-refractivity contribution is -0.110. The maximum atomic E-state index is 13.1. The number of methoxy groups -OCH3 is 2. The van der Waals surface area contributed by atoms with Crippen LogP contribution in [0.15, 0.2) is 66.8 Å². The predicted octanol–water partition coefficient (Wildman–Crippen LogP) is 3.68. The van der Waals surface area contributed by atoms with E-state index < -0.39 is 5.41 Å². The molecule has 5 heteroatoms. The van der Waals surface area contributed by atoms with Gasteiger partial charge in [-0.3, -0.25) is 9.59 Å². The second-order valence-corrected chi connectivity index (χ2v) is 7.32. The molecule has 0 unspecified atom stereocenters. The summed E-state index contributed by atoms with van der Waals surface area (Å²) in [6, 6.07) is 13.2. The van der Waals surface area contributed by atoms with E-state index in [1.54, 1.807) is 26.4 Å². The van der Waals surface area contributed by atoms with Crippen LogP contribution < -0.4 is 9.47 Å². The average molecular weight is 389 g/mol. The van der Waals surface area contributed by atoms with E-state index in [0.29, 0.717) is 36.6 Å². The first-order valence-electron chi connectivity index (χ1n) is 9.58. The summed E-state index contributed by atoms with van der Waals surface area (Å²) in [5.41, 5.74) is 2.20. The summed E-state index contributed by atoms with van der Waals surface area (Å²) < 4.78 is 11.0. The fraction of sp³-hybridized carbons (Fsp3) is 0.250. The third kappa shape index (κ3) is 3.44. The monoisotopic (exact) mass is 389 g/mol. The van der Waals surface area contributed by atoms with E-state index in [2.05, 4.69) is 0 Å². The highest BCUT2D eigenvalue weighted by molar-refractivity contribution is 6.01. The minimum absolute atomic E-state index is 0.0109. The molecular weight excluding hydrogens is 366 g/mol. The van der Waals surface area contributed by atoms with Crippen molar-refractivity contribution in [3.05, 3.63) is 83.5 Å². The number of hydrogen-bond donors (Lipinski definition) is 0. The maximum absolute atomic E-state index is 13.1. The van der Waals surface area contributed by atoms with Crippen molar-refractivity contribution >= 4 is 11.7 Å². The van der Waals surface area contributed by atoms with Crippen molar-refractivity contribution in [3.63, 3.8) is 0 Å². The zero-order chi connectivity index (χ0) is 20.4. The van der Waals surface area contributed by atoms with Gasteiger partial charge in [-0.15, -0.1) is 0 Å². The fourth-order valence-corrected chi connectivity index (χ4v) is 4.08. The van der Waals surface area contributed by atoms with Crippen LogP contribution in [0.3, 0.4) is 0 Å². The first kappa shape index (κ1) is 19.0. The first-order chi connectivity index (χ1) is 14.1. The molecule has 4 rings (SSSR count). The Hall–Kier alpha value is -3.34. The third-order valence-electron chi connectivity index (χ3n) is 5.67. The van der Waals surface area contributed by atoms with E-state index in [0.717, 1.165) is 11.1 Å². The maximum Gasteiger partial charge on any atom is 0.254 e. The van der Waals surface area contributed by atoms with Gasteiger partial charge in [-0.1, -0.05) is 30.4 Å². The van der Waals surface area contributed by atoms with Crippen LogP contribution in [0.4, 0.5) is 0 Å². The second kappa shape index (κ2) is 7.59. The summed E-state index contributed by atoms with van der Waals surface area (Å²) in [6.45, 7) is 1.02. The average Bonchev–Trinajstić information content (AvgIpc) is 2.92. The number of carbonyl (C=O) groups is 2. The van der Waals surface area contributed by atoms with Crippen molar-refractivity contribution in [1.82, 2.24) is 4.90 Å². The number of nitrogens with zero attached hydrogens (tertiary/aromatic N) is 1. The Kier molecular flexibility index (Phi) is 4.97. The fourth-order valence-electron chi connectivity index (χ4n) is 4.08. The lowest BCUT2D eigenvalue weighted by Gasteiger charge is -2.30. The molecule has 1 aliphatic heterocycles. The molecule has 0 saturated carbocycles. The molecule has 2 aromatic carbocycles. The smallest absolute Gasteiger partial charge is 0.254 e. The lowest BCUT2D eigenvalue weighted by atomic mass is 9.73. The highest BCUT2D eigenvalue weighted by Gasteiger charge is 2.36. The molecule has 2 aromatic rings. The van der Waals surface area contributed by atoms with Gasteiger partial charge in [0, 0.05) is 24.1 Å². The Bertz CT molecular complexity index is 991. The molecule has 0 aromatic heterocycles. The molecule has 5 nitrogen and oxygen atoms in total. The van der Waals surface area contributed by atoms with E-state index in [1.165, 1.54) is 0 Å². The van der Waals surface area contributed by atoms with Gasteiger partial charge in [0.1, 0.15) is 0 Å². The molecule has 29 heavy (non-hydrogen) atoms. The number of ether oxygens (including phenoxy) is 2. The van der Waals surface area contributed by atoms with Gasteiger partial charge in [-0.25, -0.2) is 0 Å². The van der Waals surface area contributed by atoms with Crippen LogP contribution in [0, 0.1) is 0 Å². The number of allylic oxidation sites excluding steroid dienone is 4. The molecule has 1 spiro atoms. The summed E-state index contributed by atoms with van der Waals surface area (Å²) in [4.78, 5) is 26.8. The minimum atomic E-state index is -0.464. The number of benzene rings is 2. The Labute approximate surface area is 170 Å². The van der Waals surface area contributed by atoms with Crippen LogP contribution >= 0.6 is 0 Å². The Morgan fingerprint density at radius 2 is 1.66 bits per heavy atom. The van der Waals surface area contributed by atoms with Crippen molar-refractivity contribution < 1.29 is 19.1 Å². The molecule has 2 aliphatic rings. The first-order valence-corrected chi connectivity index (χ1v) is 9.58. The van der Waals surface area contributed by atoms with Crippen molar-refractivity contribution in [2.24, 2.45) is 0 Å². The van der Waals surface area contributed by atoms with E-state index >= 15 is 0 Å². The van der Waals surface area contributed by atoms with Crippen LogP contribution in [0.5, 0.6) is 11.5 Å². The molecule has 148 valence electrons. The highest BCUT2D eigenvalue weighted by atomic mass is 16.5. The SMILES string of the molecule is COc1cc2c(cc1OC)C1(C=CC(=O)C=C1)CCN(C(=O)c1ccccc1)C2. The topological polar surface area (TPSA) is 55.8 Å². The van der Waals surface area contributed by atoms with Crippen LogP contribution in [0.2, 0.25) is 0 Å². The van der Waals surface area contributed by atoms with Crippen LogP contribution in [0.25, 0.3) is 0 Å². The molecule has 0 saturated heterocycles. The normalized spacial score (nSPS) is 17.0. The van der Waals surface area contributed by atoms with Gasteiger partial charge in [-0.2, -0.15) is 0 Å². The van der Waals surface area contributed by atoms with Gasteiger partial charge in [0.2, 0.25) is 0 Å². The molecule has 0 N–H and O–H groups in total. The largest absolute Gasteiger partial charge is 0.493 e. The van der Waals surface area contributed by atoms with Gasteiger partial charge < -0.3 is 14.4 Å². The van der Waals surface area contributed by atoms with Crippen LogP contribution in [-0.2, 0) is 16.8 Å². The lowest BCUT2D eigenvalue weighted by Crippen LogP contribution is -2.32. The van der Waals surface area contributed by atoms with Crippen molar-refractivity contribution in [2.75, 3.05) is 20.8 Å². The number of carbonyl (C=O) groups excluding carboxylic acids is 2. The third-order valence-corrected chi connectivity index (χ3v) is 5.67. The Morgan fingerprint density at radius 3 is 2.31 bits per heavy atom. The van der Waals surface area contributed by atoms with Crippen molar-refractivity contribution in [2.45, 2.75) is 18.4 Å². The predicted molar refractivity (Wildman–Crippen MR) is 110 cm³/mol. The molecule has 0 fully saturated rings. The molecule has 0 bridgehead atoms. The Morgan fingerprint density at radius 1 is 1.00 bits per heavy atom. The van der Waals surface area contributed by atoms with Gasteiger partial charge in [-0.05, 0) is 54.0 Å². The zero-order valence-corrected chi connectivity index (χ0v) is 16.6. The van der Waals surface area contributed by atoms with Crippen molar-refractivity contribution in [1.29, 1.82) is 0 Å². The molecule has 1 aliphatic carbocycles. The summed E-state index contributed by atoms with van der Waals surface area (Å²) in [5, 5.41) is 0. The number of amides is 1. The molecule has 0 atom stereocenters.